The molecule has 1 unspecified atom stereocenters. The number of hydrogen-bond donors (Lipinski definition) is 2. The van der Waals surface area contributed by atoms with Gasteiger partial charge in [-0.1, -0.05) is 13.3 Å². The van der Waals surface area contributed by atoms with E-state index in [9.17, 15) is 10.2 Å². The van der Waals surface area contributed by atoms with Crippen molar-refractivity contribution in [3.63, 3.8) is 0 Å². The van der Waals surface area contributed by atoms with E-state index in [1.54, 1.807) is 24.4 Å². The lowest BCUT2D eigenvalue weighted by Gasteiger charge is -2.51. The summed E-state index contributed by atoms with van der Waals surface area (Å²) in [6.45, 7) is 4.48. The van der Waals surface area contributed by atoms with E-state index in [4.69, 9.17) is 0 Å². The number of nitrogens with zero attached hydrogens (tertiary/aromatic N) is 2. The van der Waals surface area contributed by atoms with Gasteiger partial charge in [0.1, 0.15) is 5.75 Å². The van der Waals surface area contributed by atoms with Gasteiger partial charge < -0.3 is 10.2 Å². The molecule has 0 saturated carbocycles. The highest BCUT2D eigenvalue weighted by molar-refractivity contribution is 5.83. The number of benzene rings is 1. The molecule has 2 N–H and O–H groups in total. The first-order valence-electron chi connectivity index (χ1n) is 8.67. The molecule has 1 aromatic heterocycles. The Morgan fingerprint density at radius 2 is 2.22 bits per heavy atom. The molecule has 5 atom stereocenters. The van der Waals surface area contributed by atoms with Crippen LogP contribution in [0.25, 0.3) is 10.9 Å². The summed E-state index contributed by atoms with van der Waals surface area (Å²) >= 11 is 0. The molecule has 3 aliphatic heterocycles. The van der Waals surface area contributed by atoms with Crippen molar-refractivity contribution in [2.45, 2.75) is 38.3 Å². The topological polar surface area (TPSA) is 56.6 Å². The molecule has 5 rings (SSSR count). The molecular weight excluding hydrogens is 288 g/mol. The van der Waals surface area contributed by atoms with Crippen LogP contribution in [0.1, 0.15) is 37.9 Å². The van der Waals surface area contributed by atoms with Crippen LogP contribution in [0.15, 0.2) is 30.5 Å². The molecule has 4 heterocycles. The van der Waals surface area contributed by atoms with Gasteiger partial charge >= 0.3 is 0 Å². The Balaban J connectivity index is 1.68. The number of phenols is 1. The lowest BCUT2D eigenvalue weighted by atomic mass is 9.72. The number of fused-ring (bicyclic) bond motifs is 4. The smallest absolute Gasteiger partial charge is 0.116 e. The number of aliphatic hydroxyl groups excluding tert-OH is 1. The summed E-state index contributed by atoms with van der Waals surface area (Å²) in [5.74, 6) is 1.74. The Bertz CT molecular complexity index is 718. The minimum atomic E-state index is -0.525. The van der Waals surface area contributed by atoms with Gasteiger partial charge in [0.2, 0.25) is 0 Å². The molecule has 0 spiro atoms. The minimum absolute atomic E-state index is 0.185. The predicted molar refractivity (Wildman–Crippen MR) is 90.2 cm³/mol. The van der Waals surface area contributed by atoms with Crippen LogP contribution < -0.4 is 0 Å². The van der Waals surface area contributed by atoms with Gasteiger partial charge in [-0.05, 0) is 61.1 Å². The van der Waals surface area contributed by atoms with Crippen LogP contribution in [0.2, 0.25) is 0 Å². The summed E-state index contributed by atoms with van der Waals surface area (Å²) in [5, 5.41) is 21.7. The molecular formula is C19H24N2O2. The summed E-state index contributed by atoms with van der Waals surface area (Å²) in [7, 11) is 0. The highest BCUT2D eigenvalue weighted by atomic mass is 16.3. The third kappa shape index (κ3) is 2.50. The SMILES string of the molecule is CC[C@@H]1CN2CC[C@H]1C[C@@H]2[C@@H](O)c1ccnc2ccc(O)cc12. The van der Waals surface area contributed by atoms with E-state index in [-0.39, 0.29) is 11.8 Å². The highest BCUT2D eigenvalue weighted by Gasteiger charge is 2.42. The van der Waals surface area contributed by atoms with Crippen LogP contribution in [0.3, 0.4) is 0 Å². The zero-order valence-corrected chi connectivity index (χ0v) is 13.5. The molecule has 0 aliphatic carbocycles. The molecule has 4 heteroatoms. The fraction of sp³-hybridized carbons (Fsp3) is 0.526. The van der Waals surface area contributed by atoms with Gasteiger partial charge in [0.15, 0.2) is 0 Å². The van der Waals surface area contributed by atoms with Gasteiger partial charge in [-0.25, -0.2) is 0 Å². The Hall–Kier alpha value is -1.65. The van der Waals surface area contributed by atoms with Crippen molar-refractivity contribution in [1.82, 2.24) is 9.88 Å². The standard InChI is InChI=1S/C19H24N2O2/c1-2-12-11-21-8-6-13(12)9-18(21)19(23)15-5-7-20-17-4-3-14(22)10-16(15)17/h3-5,7,10,12-13,18-19,22-23H,2,6,8-9,11H2,1H3/t12-,13+,18-,19+/m1/s1. The maximum atomic E-state index is 11.1. The van der Waals surface area contributed by atoms with E-state index in [0.29, 0.717) is 0 Å². The Kier molecular flexibility index (Phi) is 3.74. The van der Waals surface area contributed by atoms with Crippen molar-refractivity contribution in [3.05, 3.63) is 36.0 Å². The van der Waals surface area contributed by atoms with Crippen LogP contribution in [-0.4, -0.2) is 39.2 Å². The van der Waals surface area contributed by atoms with Gasteiger partial charge in [-0.15, -0.1) is 0 Å². The van der Waals surface area contributed by atoms with Crippen LogP contribution in [0, 0.1) is 11.8 Å². The van der Waals surface area contributed by atoms with Gasteiger partial charge in [0, 0.05) is 24.2 Å². The third-order valence-corrected chi connectivity index (χ3v) is 5.90. The molecule has 2 bridgehead atoms. The molecule has 23 heavy (non-hydrogen) atoms. The average molecular weight is 312 g/mol. The number of phenolic OH excluding ortho intramolecular Hbond substituents is 1. The van der Waals surface area contributed by atoms with Crippen molar-refractivity contribution in [1.29, 1.82) is 0 Å². The zero-order chi connectivity index (χ0) is 16.0. The molecule has 0 amide bonds. The van der Waals surface area contributed by atoms with Crippen LogP contribution in [-0.2, 0) is 0 Å². The molecule has 3 aliphatic rings. The van der Waals surface area contributed by atoms with Gasteiger partial charge in [0.25, 0.3) is 0 Å². The van der Waals surface area contributed by atoms with Gasteiger partial charge in [-0.2, -0.15) is 0 Å². The fourth-order valence-electron chi connectivity index (χ4n) is 4.59. The van der Waals surface area contributed by atoms with Crippen molar-refractivity contribution in [3.8, 4) is 5.75 Å². The molecule has 3 saturated heterocycles. The number of piperidine rings is 3. The highest BCUT2D eigenvalue weighted by Crippen LogP contribution is 2.42. The lowest BCUT2D eigenvalue weighted by molar-refractivity contribution is -0.0562. The second kappa shape index (κ2) is 5.77. The third-order valence-electron chi connectivity index (χ3n) is 5.90. The number of aliphatic hydroxyl groups is 1. The quantitative estimate of drug-likeness (QED) is 0.914. The lowest BCUT2D eigenvalue weighted by Crippen LogP contribution is -2.55. The van der Waals surface area contributed by atoms with E-state index in [0.717, 1.165) is 47.8 Å². The number of aromatic nitrogens is 1. The Morgan fingerprint density at radius 1 is 1.35 bits per heavy atom. The van der Waals surface area contributed by atoms with Gasteiger partial charge in [-0.3, -0.25) is 9.88 Å². The van der Waals surface area contributed by atoms with E-state index in [1.807, 2.05) is 6.07 Å². The summed E-state index contributed by atoms with van der Waals surface area (Å²) in [6, 6.07) is 7.24. The molecule has 1 aromatic carbocycles. The molecule has 122 valence electrons. The molecule has 2 aromatic rings. The number of pyridine rings is 1. The monoisotopic (exact) mass is 312 g/mol. The normalized spacial score (nSPS) is 31.4. The van der Waals surface area contributed by atoms with Crippen molar-refractivity contribution >= 4 is 10.9 Å². The van der Waals surface area contributed by atoms with Crippen LogP contribution >= 0.6 is 0 Å². The van der Waals surface area contributed by atoms with Gasteiger partial charge in [0.05, 0.1) is 11.6 Å². The first-order chi connectivity index (χ1) is 11.2. The second-order valence-electron chi connectivity index (χ2n) is 7.06. The number of rotatable bonds is 3. The summed E-state index contributed by atoms with van der Waals surface area (Å²) in [6.07, 6.45) is 4.80. The van der Waals surface area contributed by atoms with Crippen molar-refractivity contribution < 1.29 is 10.2 Å². The maximum Gasteiger partial charge on any atom is 0.116 e. The summed E-state index contributed by atoms with van der Waals surface area (Å²) in [4.78, 5) is 6.81. The minimum Gasteiger partial charge on any atom is -0.508 e. The second-order valence-corrected chi connectivity index (χ2v) is 7.06. The Morgan fingerprint density at radius 3 is 2.96 bits per heavy atom. The van der Waals surface area contributed by atoms with Crippen LogP contribution in [0.5, 0.6) is 5.75 Å². The first-order valence-corrected chi connectivity index (χ1v) is 8.67. The van der Waals surface area contributed by atoms with Crippen molar-refractivity contribution in [2.24, 2.45) is 11.8 Å². The number of hydrogen-bond acceptors (Lipinski definition) is 4. The van der Waals surface area contributed by atoms with E-state index >= 15 is 0 Å². The maximum absolute atomic E-state index is 11.1. The first kappa shape index (κ1) is 14.9. The average Bonchev–Trinajstić information content (AvgIpc) is 2.60. The van der Waals surface area contributed by atoms with Crippen molar-refractivity contribution in [2.75, 3.05) is 13.1 Å². The number of aromatic hydroxyl groups is 1. The largest absolute Gasteiger partial charge is 0.508 e. The molecule has 4 nitrogen and oxygen atoms in total. The Labute approximate surface area is 136 Å². The summed E-state index contributed by atoms with van der Waals surface area (Å²) in [5.41, 5.74) is 1.71. The fourth-order valence-corrected chi connectivity index (χ4v) is 4.59. The summed E-state index contributed by atoms with van der Waals surface area (Å²) < 4.78 is 0. The van der Waals surface area contributed by atoms with E-state index in [2.05, 4.69) is 16.8 Å². The van der Waals surface area contributed by atoms with E-state index in [1.165, 1.54) is 12.8 Å². The predicted octanol–water partition coefficient (Wildman–Crippen LogP) is 3.09. The van der Waals surface area contributed by atoms with Crippen LogP contribution in [0.4, 0.5) is 0 Å². The van der Waals surface area contributed by atoms with E-state index < -0.39 is 6.10 Å². The molecule has 3 fully saturated rings. The molecule has 0 radical (unpaired) electrons. The zero-order valence-electron chi connectivity index (χ0n) is 13.5.